The van der Waals surface area contributed by atoms with Crippen molar-refractivity contribution in [1.29, 1.82) is 0 Å². The standard InChI is InChI=1S/C8H15BrN2O/c1-4-8(3,7(10)12)11-5-6(2)9/h11H,2,4-5H2,1,3H3,(H2,10,12)/t8-/m1/s1. The maximum absolute atomic E-state index is 11.0. The van der Waals surface area contributed by atoms with Crippen LogP contribution in [0.15, 0.2) is 11.1 Å². The van der Waals surface area contributed by atoms with Crippen LogP contribution in [0.4, 0.5) is 0 Å². The van der Waals surface area contributed by atoms with Crippen LogP contribution >= 0.6 is 15.9 Å². The van der Waals surface area contributed by atoms with Gasteiger partial charge in [0.05, 0.1) is 5.54 Å². The van der Waals surface area contributed by atoms with E-state index in [1.165, 1.54) is 0 Å². The number of primary amides is 1. The molecule has 12 heavy (non-hydrogen) atoms. The van der Waals surface area contributed by atoms with Gasteiger partial charge in [0.2, 0.25) is 5.91 Å². The van der Waals surface area contributed by atoms with E-state index < -0.39 is 5.54 Å². The largest absolute Gasteiger partial charge is 0.368 e. The zero-order valence-electron chi connectivity index (χ0n) is 7.48. The molecule has 0 bridgehead atoms. The molecule has 1 amide bonds. The van der Waals surface area contributed by atoms with Gasteiger partial charge in [-0.1, -0.05) is 29.4 Å². The summed E-state index contributed by atoms with van der Waals surface area (Å²) in [5.41, 5.74) is 4.59. The van der Waals surface area contributed by atoms with Gasteiger partial charge in [-0.05, 0) is 13.3 Å². The molecule has 0 aromatic heterocycles. The Morgan fingerprint density at radius 3 is 2.50 bits per heavy atom. The fourth-order valence-electron chi connectivity index (χ4n) is 0.677. The molecule has 4 heteroatoms. The summed E-state index contributed by atoms with van der Waals surface area (Å²) in [7, 11) is 0. The Kier molecular flexibility index (Phi) is 4.49. The highest BCUT2D eigenvalue weighted by molar-refractivity contribution is 9.11. The van der Waals surface area contributed by atoms with Crippen LogP contribution < -0.4 is 11.1 Å². The van der Waals surface area contributed by atoms with Crippen molar-refractivity contribution in [3.63, 3.8) is 0 Å². The van der Waals surface area contributed by atoms with Gasteiger partial charge in [0, 0.05) is 11.0 Å². The molecule has 0 fully saturated rings. The highest BCUT2D eigenvalue weighted by atomic mass is 79.9. The SMILES string of the molecule is C=C(Br)CN[C@](C)(CC)C(N)=O. The van der Waals surface area contributed by atoms with Crippen molar-refractivity contribution >= 4 is 21.8 Å². The first kappa shape index (κ1) is 11.6. The van der Waals surface area contributed by atoms with E-state index in [1.807, 2.05) is 6.92 Å². The van der Waals surface area contributed by atoms with Crippen LogP contribution in [-0.2, 0) is 4.79 Å². The molecule has 70 valence electrons. The van der Waals surface area contributed by atoms with Gasteiger partial charge in [0.15, 0.2) is 0 Å². The number of nitrogens with one attached hydrogen (secondary N) is 1. The number of carbonyl (C=O) groups is 1. The summed E-state index contributed by atoms with van der Waals surface area (Å²) in [6.45, 7) is 7.90. The molecule has 1 atom stereocenters. The molecule has 0 unspecified atom stereocenters. The predicted molar refractivity (Wildman–Crippen MR) is 54.0 cm³/mol. The number of halogens is 1. The van der Waals surface area contributed by atoms with Crippen LogP contribution in [0.1, 0.15) is 20.3 Å². The zero-order valence-corrected chi connectivity index (χ0v) is 9.07. The second-order valence-electron chi connectivity index (χ2n) is 2.92. The molecule has 3 nitrogen and oxygen atoms in total. The molecule has 0 spiro atoms. The number of amides is 1. The Labute approximate surface area is 81.5 Å². The Hall–Kier alpha value is -0.350. The molecule has 0 aliphatic rings. The van der Waals surface area contributed by atoms with Gasteiger partial charge in [-0.25, -0.2) is 0 Å². The lowest BCUT2D eigenvalue weighted by Gasteiger charge is -2.25. The van der Waals surface area contributed by atoms with Crippen molar-refractivity contribution in [2.75, 3.05) is 6.54 Å². The Morgan fingerprint density at radius 2 is 2.25 bits per heavy atom. The minimum atomic E-state index is -0.628. The zero-order chi connectivity index (χ0) is 9.78. The molecule has 0 aliphatic heterocycles. The number of hydrogen-bond acceptors (Lipinski definition) is 2. The van der Waals surface area contributed by atoms with Gasteiger partial charge < -0.3 is 5.73 Å². The third-order valence-electron chi connectivity index (χ3n) is 1.92. The summed E-state index contributed by atoms with van der Waals surface area (Å²) in [4.78, 5) is 11.0. The first-order valence-corrected chi connectivity index (χ1v) is 4.60. The average molecular weight is 235 g/mol. The quantitative estimate of drug-likeness (QED) is 0.750. The van der Waals surface area contributed by atoms with E-state index >= 15 is 0 Å². The summed E-state index contributed by atoms with van der Waals surface area (Å²) in [6.07, 6.45) is 0.669. The summed E-state index contributed by atoms with van der Waals surface area (Å²) in [5, 5.41) is 3.02. The second kappa shape index (κ2) is 4.62. The van der Waals surface area contributed by atoms with Crippen LogP contribution in [0, 0.1) is 0 Å². The van der Waals surface area contributed by atoms with Gasteiger partial charge in [-0.2, -0.15) is 0 Å². The Balaban J connectivity index is 4.15. The molecule has 0 heterocycles. The van der Waals surface area contributed by atoms with Crippen LogP contribution in [0.2, 0.25) is 0 Å². The van der Waals surface area contributed by atoms with Crippen molar-refractivity contribution in [3.05, 3.63) is 11.1 Å². The van der Waals surface area contributed by atoms with E-state index in [1.54, 1.807) is 6.92 Å². The van der Waals surface area contributed by atoms with Crippen LogP contribution in [0.25, 0.3) is 0 Å². The normalized spacial score (nSPS) is 15.2. The molecular formula is C8H15BrN2O. The number of carbonyl (C=O) groups excluding carboxylic acids is 1. The van der Waals surface area contributed by atoms with E-state index in [2.05, 4.69) is 27.8 Å². The molecule has 0 radical (unpaired) electrons. The molecule has 0 aromatic carbocycles. The van der Waals surface area contributed by atoms with E-state index in [9.17, 15) is 4.79 Å². The van der Waals surface area contributed by atoms with Crippen molar-refractivity contribution < 1.29 is 4.79 Å². The molecule has 0 rings (SSSR count). The third-order valence-corrected chi connectivity index (χ3v) is 2.20. The summed E-state index contributed by atoms with van der Waals surface area (Å²) in [5.74, 6) is -0.334. The van der Waals surface area contributed by atoms with Gasteiger partial charge in [-0.3, -0.25) is 10.1 Å². The van der Waals surface area contributed by atoms with E-state index in [0.29, 0.717) is 13.0 Å². The number of nitrogens with two attached hydrogens (primary N) is 1. The van der Waals surface area contributed by atoms with Crippen molar-refractivity contribution in [2.24, 2.45) is 5.73 Å². The fraction of sp³-hybridized carbons (Fsp3) is 0.625. The van der Waals surface area contributed by atoms with Gasteiger partial charge in [0.1, 0.15) is 0 Å². The molecular weight excluding hydrogens is 220 g/mol. The molecule has 3 N–H and O–H groups in total. The first-order chi connectivity index (χ1) is 5.42. The minimum absolute atomic E-state index is 0.334. The molecule has 0 aromatic rings. The van der Waals surface area contributed by atoms with E-state index in [0.717, 1.165) is 4.48 Å². The maximum atomic E-state index is 11.0. The molecule has 0 aliphatic carbocycles. The second-order valence-corrected chi connectivity index (χ2v) is 4.04. The highest BCUT2D eigenvalue weighted by Crippen LogP contribution is 2.09. The Morgan fingerprint density at radius 1 is 1.75 bits per heavy atom. The van der Waals surface area contributed by atoms with E-state index in [4.69, 9.17) is 5.73 Å². The average Bonchev–Trinajstić information content (AvgIpc) is 1.99. The van der Waals surface area contributed by atoms with Crippen molar-refractivity contribution in [3.8, 4) is 0 Å². The lowest BCUT2D eigenvalue weighted by molar-refractivity contribution is -0.123. The predicted octanol–water partition coefficient (Wildman–Crippen LogP) is 1.14. The highest BCUT2D eigenvalue weighted by Gasteiger charge is 2.27. The van der Waals surface area contributed by atoms with Gasteiger partial charge in [0.25, 0.3) is 0 Å². The number of hydrogen-bond donors (Lipinski definition) is 2. The fourth-order valence-corrected chi connectivity index (χ4v) is 0.818. The van der Waals surface area contributed by atoms with Crippen LogP contribution in [-0.4, -0.2) is 18.0 Å². The molecule has 0 saturated carbocycles. The van der Waals surface area contributed by atoms with Gasteiger partial charge >= 0.3 is 0 Å². The maximum Gasteiger partial charge on any atom is 0.237 e. The van der Waals surface area contributed by atoms with E-state index in [-0.39, 0.29) is 5.91 Å². The Bertz CT molecular complexity index is 193. The topological polar surface area (TPSA) is 55.1 Å². The van der Waals surface area contributed by atoms with Gasteiger partial charge in [-0.15, -0.1) is 0 Å². The first-order valence-electron chi connectivity index (χ1n) is 3.80. The monoisotopic (exact) mass is 234 g/mol. The summed E-state index contributed by atoms with van der Waals surface area (Å²) < 4.78 is 0.809. The van der Waals surface area contributed by atoms with Crippen LogP contribution in [0.3, 0.4) is 0 Å². The van der Waals surface area contributed by atoms with Crippen LogP contribution in [0.5, 0.6) is 0 Å². The summed E-state index contributed by atoms with van der Waals surface area (Å²) in [6, 6.07) is 0. The smallest absolute Gasteiger partial charge is 0.237 e. The lowest BCUT2D eigenvalue weighted by atomic mass is 9.98. The van der Waals surface area contributed by atoms with Crippen molar-refractivity contribution in [2.45, 2.75) is 25.8 Å². The minimum Gasteiger partial charge on any atom is -0.368 e. The number of rotatable bonds is 5. The third kappa shape index (κ3) is 3.36. The molecule has 0 saturated heterocycles. The summed E-state index contributed by atoms with van der Waals surface area (Å²) >= 11 is 3.20. The lowest BCUT2D eigenvalue weighted by Crippen LogP contribution is -2.52. The van der Waals surface area contributed by atoms with Crippen molar-refractivity contribution in [1.82, 2.24) is 5.32 Å².